The van der Waals surface area contributed by atoms with Crippen molar-refractivity contribution < 1.29 is 0 Å². The number of aromatic nitrogens is 7. The van der Waals surface area contributed by atoms with Gasteiger partial charge in [0.05, 0.1) is 55.2 Å². The lowest BCUT2D eigenvalue weighted by Crippen LogP contribution is -2.04. The predicted octanol–water partition coefficient (Wildman–Crippen LogP) is 29.4. The minimum absolute atomic E-state index is 0. The molecule has 1 aliphatic carbocycles. The molecule has 7 nitrogen and oxygen atoms in total. The third kappa shape index (κ3) is 12.2. The summed E-state index contributed by atoms with van der Waals surface area (Å²) >= 11 is 6.61. The van der Waals surface area contributed by atoms with E-state index in [1.54, 1.807) is 0 Å². The summed E-state index contributed by atoms with van der Waals surface area (Å²) in [5.74, 6) is 1.59. The van der Waals surface area contributed by atoms with Crippen LogP contribution in [0.2, 0.25) is 5.02 Å². The maximum absolute atomic E-state index is 6.61. The van der Waals surface area contributed by atoms with Crippen molar-refractivity contribution >= 4 is 121 Å². The molecule has 18 aromatic carbocycles. The third-order valence-electron chi connectivity index (χ3n) is 23.3. The Morgan fingerprint density at radius 3 is 0.992 bits per heavy atom. The van der Waals surface area contributed by atoms with Crippen LogP contribution >= 0.6 is 11.6 Å². The van der Waals surface area contributed by atoms with Crippen LogP contribution in [-0.4, -0.2) is 33.6 Å². The number of halogens is 1. The summed E-state index contributed by atoms with van der Waals surface area (Å²) < 4.78 is 6.98. The molecule has 0 saturated carbocycles. The number of benzene rings is 18. The molecule has 0 amide bonds. The lowest BCUT2D eigenvalue weighted by Gasteiger charge is -2.15. The molecule has 5 aromatic heterocycles. The van der Waals surface area contributed by atoms with Crippen molar-refractivity contribution in [2.75, 3.05) is 0 Å². The second kappa shape index (κ2) is 29.7. The summed E-state index contributed by atoms with van der Waals surface area (Å²) in [4.78, 5) is 21.4. The number of nitrogens with zero attached hydrogens (tertiary/aromatic N) is 7. The Hall–Kier alpha value is -15.2. The Balaban J connectivity index is 0.000000128. The number of rotatable bonds is 9. The Bertz CT molecular complexity index is 7760. The standard InChI is InChI=1S/C54H34N4.C42H26ClN3.C13H10.CH4/c1-2-14-35(15-3-1)40-17-6-7-18-41(40)37-26-28-38(29-27-37)53-54(56-47-23-11-10-22-46(47)55-53)58-50-33-31-39(34-45(50)52-42-19-5-4-16-36(42)30-32-51(52)58)57-48-24-12-8-20-43(48)44-21-9-13-25-49(44)57;43-31-23-25-38-35(26-31)40-34-15-5-4-12-28(34)22-24-39(40)46(38)42-41(44-36-16-8-9-17-37(36)45-42)30-20-18-29(19-21-30)33-14-7-6-13-32(33)27-10-2-1-3-11-27;1-3-7-12-10(5-1)9-11-6-2-4-8-13(11)12;/h1-34H;1-26H;1-8H,9H2;1H4. The van der Waals surface area contributed by atoms with Gasteiger partial charge in [0, 0.05) is 54.2 Å². The molecule has 0 atom stereocenters. The molecule has 1 aliphatic rings. The van der Waals surface area contributed by atoms with Crippen molar-refractivity contribution in [3.63, 3.8) is 0 Å². The molecule has 5 heterocycles. The van der Waals surface area contributed by atoms with Gasteiger partial charge < -0.3 is 4.57 Å². The minimum atomic E-state index is 0. The Morgan fingerprint density at radius 2 is 0.542 bits per heavy atom. The molecule has 0 radical (unpaired) electrons. The van der Waals surface area contributed by atoms with Gasteiger partial charge in [0.25, 0.3) is 0 Å². The highest BCUT2D eigenvalue weighted by Gasteiger charge is 2.26. The van der Waals surface area contributed by atoms with Crippen LogP contribution < -0.4 is 0 Å². The summed E-state index contributed by atoms with van der Waals surface area (Å²) in [5, 5.41) is 12.6. The number of para-hydroxylation sites is 6. The highest BCUT2D eigenvalue weighted by atomic mass is 35.5. The number of hydrogen-bond donors (Lipinski definition) is 0. The van der Waals surface area contributed by atoms with Crippen LogP contribution in [0.15, 0.2) is 413 Å². The normalized spacial score (nSPS) is 11.7. The topological polar surface area (TPSA) is 66.3 Å². The Kier molecular flexibility index (Phi) is 17.8. The third-order valence-corrected chi connectivity index (χ3v) is 23.5. The first-order valence-corrected chi connectivity index (χ1v) is 40.1. The molecule has 118 heavy (non-hydrogen) atoms. The predicted molar refractivity (Wildman–Crippen MR) is 496 cm³/mol. The molecule has 0 spiro atoms. The van der Waals surface area contributed by atoms with Crippen molar-refractivity contribution in [2.24, 2.45) is 0 Å². The fourth-order valence-electron chi connectivity index (χ4n) is 17.9. The summed E-state index contributed by atoms with van der Waals surface area (Å²) in [7, 11) is 0. The molecule has 0 unspecified atom stereocenters. The van der Waals surface area contributed by atoms with Crippen molar-refractivity contribution in [1.29, 1.82) is 0 Å². The number of fused-ring (bicyclic) bond motifs is 18. The fraction of sp³-hybridized carbons (Fsp3) is 0.0182. The van der Waals surface area contributed by atoms with Crippen molar-refractivity contribution in [1.82, 2.24) is 33.6 Å². The lowest BCUT2D eigenvalue weighted by molar-refractivity contribution is 1.08. The van der Waals surface area contributed by atoms with E-state index in [0.717, 1.165) is 112 Å². The van der Waals surface area contributed by atoms with E-state index >= 15 is 0 Å². The summed E-state index contributed by atoms with van der Waals surface area (Å²) in [5.41, 5.74) is 30.1. The molecule has 0 saturated heterocycles. The molecular formula is C110H74ClN7. The van der Waals surface area contributed by atoms with Gasteiger partial charge in [-0.05, 0) is 180 Å². The molecule has 0 bridgehead atoms. The van der Waals surface area contributed by atoms with E-state index in [9.17, 15) is 0 Å². The van der Waals surface area contributed by atoms with E-state index in [1.165, 1.54) is 110 Å². The van der Waals surface area contributed by atoms with E-state index < -0.39 is 0 Å². The van der Waals surface area contributed by atoms with Crippen LogP contribution in [-0.2, 0) is 6.42 Å². The van der Waals surface area contributed by atoms with Crippen LogP contribution in [0.4, 0.5) is 0 Å². The lowest BCUT2D eigenvalue weighted by atomic mass is 9.94. The van der Waals surface area contributed by atoms with Gasteiger partial charge in [-0.2, -0.15) is 0 Å². The summed E-state index contributed by atoms with van der Waals surface area (Å²) in [6.45, 7) is 0. The van der Waals surface area contributed by atoms with Gasteiger partial charge in [0.1, 0.15) is 11.4 Å². The average Bonchev–Trinajstić information content (AvgIpc) is 1.56. The van der Waals surface area contributed by atoms with Gasteiger partial charge in [0.15, 0.2) is 11.6 Å². The van der Waals surface area contributed by atoms with Crippen molar-refractivity contribution in [3.05, 3.63) is 429 Å². The van der Waals surface area contributed by atoms with Gasteiger partial charge >= 0.3 is 0 Å². The molecule has 556 valence electrons. The van der Waals surface area contributed by atoms with Gasteiger partial charge in [-0.1, -0.05) is 347 Å². The van der Waals surface area contributed by atoms with E-state index in [1.807, 2.05) is 42.5 Å². The maximum atomic E-state index is 6.61. The quantitative estimate of drug-likeness (QED) is 0.144. The Labute approximate surface area is 687 Å². The van der Waals surface area contributed by atoms with Gasteiger partial charge in [0.2, 0.25) is 0 Å². The zero-order valence-corrected chi connectivity index (χ0v) is 64.2. The fourth-order valence-corrected chi connectivity index (χ4v) is 18.1. The molecule has 8 heteroatoms. The zero-order valence-electron chi connectivity index (χ0n) is 63.5. The molecule has 23 aromatic rings. The Morgan fingerprint density at radius 1 is 0.220 bits per heavy atom. The molecule has 0 N–H and O–H groups in total. The smallest absolute Gasteiger partial charge is 0.165 e. The highest BCUT2D eigenvalue weighted by Crippen LogP contribution is 2.46. The van der Waals surface area contributed by atoms with Gasteiger partial charge in [-0.25, -0.2) is 19.9 Å². The van der Waals surface area contributed by atoms with E-state index in [-0.39, 0.29) is 7.43 Å². The van der Waals surface area contributed by atoms with Crippen LogP contribution in [0.5, 0.6) is 0 Å². The molecule has 0 fully saturated rings. The van der Waals surface area contributed by atoms with E-state index in [0.29, 0.717) is 5.02 Å². The second-order valence-corrected chi connectivity index (χ2v) is 30.4. The SMILES string of the molecule is C.Clc1ccc2c(c1)c1c3ccccc3ccc1n2-c1nc2ccccc2nc1-c1ccc(-c2ccccc2-c2ccccc2)cc1.c1ccc(-c2ccccc2-c2ccc(-c3nc4ccccc4nc3-n3c4ccc(-n5c6ccccc6c6ccccc65)cc4c4c5ccccc5ccc43)cc2)cc1.c1ccc2c(c1)Cc1ccccc1-2. The van der Waals surface area contributed by atoms with E-state index in [4.69, 9.17) is 31.5 Å². The van der Waals surface area contributed by atoms with Crippen LogP contribution in [0.1, 0.15) is 18.6 Å². The first kappa shape index (κ1) is 70.7. The molecule has 24 rings (SSSR count). The zero-order chi connectivity index (χ0) is 77.4. The minimum Gasteiger partial charge on any atom is -0.309 e. The van der Waals surface area contributed by atoms with Gasteiger partial charge in [-0.3, -0.25) is 9.13 Å². The van der Waals surface area contributed by atoms with Gasteiger partial charge in [-0.15, -0.1) is 0 Å². The first-order valence-electron chi connectivity index (χ1n) is 39.7. The van der Waals surface area contributed by atoms with Crippen LogP contribution in [0.25, 0.3) is 205 Å². The highest BCUT2D eigenvalue weighted by molar-refractivity contribution is 6.33. The van der Waals surface area contributed by atoms with Crippen molar-refractivity contribution in [3.8, 4) is 95.5 Å². The summed E-state index contributed by atoms with van der Waals surface area (Å²) in [6, 6.07) is 146. The largest absolute Gasteiger partial charge is 0.309 e. The monoisotopic (exact) mass is 1530 g/mol. The molecule has 0 aliphatic heterocycles. The van der Waals surface area contributed by atoms with Crippen molar-refractivity contribution in [2.45, 2.75) is 13.8 Å². The number of hydrogen-bond acceptors (Lipinski definition) is 4. The van der Waals surface area contributed by atoms with Crippen LogP contribution in [0.3, 0.4) is 0 Å². The first-order chi connectivity index (χ1) is 58.0. The van der Waals surface area contributed by atoms with Crippen LogP contribution in [0, 0.1) is 0 Å². The maximum Gasteiger partial charge on any atom is 0.165 e. The average molecular weight is 1530 g/mol. The second-order valence-electron chi connectivity index (χ2n) is 30.0. The molecular weight excluding hydrogens is 1450 g/mol. The summed E-state index contributed by atoms with van der Waals surface area (Å²) in [6.07, 6.45) is 1.10. The van der Waals surface area contributed by atoms with E-state index in [2.05, 4.69) is 384 Å².